The third-order valence-electron chi connectivity index (χ3n) is 1.90. The summed E-state index contributed by atoms with van der Waals surface area (Å²) in [5, 5.41) is 8.45. The van der Waals surface area contributed by atoms with E-state index in [9.17, 15) is 14.4 Å². The first-order valence-corrected chi connectivity index (χ1v) is 4.52. The standard InChI is InChI=1S/C9H11N3O4/c1-12(3-2-8(14)15)9(16)6-4-11-7(13)5-10-6/h4-5H,2-3H2,1H3,(H,11,13)(H,14,15). The van der Waals surface area contributed by atoms with Crippen molar-refractivity contribution in [3.05, 3.63) is 28.4 Å². The van der Waals surface area contributed by atoms with E-state index in [4.69, 9.17) is 5.11 Å². The van der Waals surface area contributed by atoms with Gasteiger partial charge in [-0.05, 0) is 0 Å². The molecule has 1 amide bonds. The van der Waals surface area contributed by atoms with Crippen molar-refractivity contribution in [2.24, 2.45) is 0 Å². The summed E-state index contributed by atoms with van der Waals surface area (Å²) >= 11 is 0. The normalized spacial score (nSPS) is 9.81. The number of H-pyrrole nitrogens is 1. The highest BCUT2D eigenvalue weighted by Crippen LogP contribution is 1.97. The van der Waals surface area contributed by atoms with Crippen molar-refractivity contribution < 1.29 is 14.7 Å². The third kappa shape index (κ3) is 3.19. The fourth-order valence-corrected chi connectivity index (χ4v) is 1.02. The van der Waals surface area contributed by atoms with Gasteiger partial charge in [-0.1, -0.05) is 0 Å². The molecule has 0 aliphatic heterocycles. The molecule has 0 aromatic carbocycles. The van der Waals surface area contributed by atoms with Crippen LogP contribution in [0, 0.1) is 0 Å². The molecule has 0 atom stereocenters. The Morgan fingerprint density at radius 3 is 2.75 bits per heavy atom. The predicted octanol–water partition coefficient (Wildman–Crippen LogP) is -0.683. The summed E-state index contributed by atoms with van der Waals surface area (Å²) in [7, 11) is 1.47. The second-order valence-corrected chi connectivity index (χ2v) is 3.17. The molecule has 7 nitrogen and oxygen atoms in total. The molecule has 0 unspecified atom stereocenters. The molecule has 0 bridgehead atoms. The van der Waals surface area contributed by atoms with E-state index in [2.05, 4.69) is 9.97 Å². The van der Waals surface area contributed by atoms with Crippen molar-refractivity contribution in [2.75, 3.05) is 13.6 Å². The molecule has 0 radical (unpaired) electrons. The lowest BCUT2D eigenvalue weighted by Gasteiger charge is -2.14. The van der Waals surface area contributed by atoms with Crippen LogP contribution in [-0.2, 0) is 4.79 Å². The number of aliphatic carboxylic acids is 1. The molecule has 86 valence electrons. The molecule has 0 aliphatic carbocycles. The first-order chi connectivity index (χ1) is 7.50. The first-order valence-electron chi connectivity index (χ1n) is 4.52. The molecule has 0 aliphatic rings. The van der Waals surface area contributed by atoms with Crippen LogP contribution in [0.5, 0.6) is 0 Å². The molecule has 2 N–H and O–H groups in total. The minimum Gasteiger partial charge on any atom is -0.481 e. The maximum absolute atomic E-state index is 11.6. The number of carboxylic acids is 1. The molecule has 0 fully saturated rings. The van der Waals surface area contributed by atoms with E-state index >= 15 is 0 Å². The van der Waals surface area contributed by atoms with Crippen LogP contribution >= 0.6 is 0 Å². The molecule has 16 heavy (non-hydrogen) atoms. The average molecular weight is 225 g/mol. The SMILES string of the molecule is CN(CCC(=O)O)C(=O)c1c[nH]c(=O)cn1. The fourth-order valence-electron chi connectivity index (χ4n) is 1.02. The average Bonchev–Trinajstić information content (AvgIpc) is 2.26. The number of carboxylic acid groups (broad SMARTS) is 1. The van der Waals surface area contributed by atoms with Crippen molar-refractivity contribution in [2.45, 2.75) is 6.42 Å². The summed E-state index contributed by atoms with van der Waals surface area (Å²) in [6.45, 7) is 0.0922. The van der Waals surface area contributed by atoms with Gasteiger partial charge in [-0.15, -0.1) is 0 Å². The lowest BCUT2D eigenvalue weighted by Crippen LogP contribution is -2.30. The number of aromatic amines is 1. The highest BCUT2D eigenvalue weighted by atomic mass is 16.4. The summed E-state index contributed by atoms with van der Waals surface area (Å²) in [6.07, 6.45) is 2.06. The molecular weight excluding hydrogens is 214 g/mol. The van der Waals surface area contributed by atoms with E-state index in [1.807, 2.05) is 0 Å². The largest absolute Gasteiger partial charge is 0.481 e. The van der Waals surface area contributed by atoms with E-state index in [0.717, 1.165) is 6.20 Å². The Labute approximate surface area is 90.7 Å². The van der Waals surface area contributed by atoms with E-state index in [-0.39, 0.29) is 18.7 Å². The lowest BCUT2D eigenvalue weighted by atomic mass is 10.3. The molecule has 0 saturated carbocycles. The molecule has 1 aromatic heterocycles. The topological polar surface area (TPSA) is 103 Å². The van der Waals surface area contributed by atoms with Gasteiger partial charge in [0.1, 0.15) is 5.69 Å². The van der Waals surface area contributed by atoms with E-state index in [0.29, 0.717) is 0 Å². The molecule has 1 aromatic rings. The number of nitrogens with zero attached hydrogens (tertiary/aromatic N) is 2. The fraction of sp³-hybridized carbons (Fsp3) is 0.333. The van der Waals surface area contributed by atoms with Crippen LogP contribution in [0.2, 0.25) is 0 Å². The first kappa shape index (κ1) is 11.9. The summed E-state index contributed by atoms with van der Waals surface area (Å²) in [6, 6.07) is 0. The van der Waals surface area contributed by atoms with Crippen LogP contribution in [0.15, 0.2) is 17.2 Å². The maximum atomic E-state index is 11.6. The smallest absolute Gasteiger partial charge is 0.305 e. The zero-order chi connectivity index (χ0) is 12.1. The second-order valence-electron chi connectivity index (χ2n) is 3.17. The third-order valence-corrected chi connectivity index (χ3v) is 1.90. The molecule has 1 rings (SSSR count). The summed E-state index contributed by atoms with van der Waals surface area (Å²) < 4.78 is 0. The van der Waals surface area contributed by atoms with Gasteiger partial charge in [-0.25, -0.2) is 4.98 Å². The highest BCUT2D eigenvalue weighted by molar-refractivity contribution is 5.91. The Morgan fingerprint density at radius 1 is 1.56 bits per heavy atom. The molecular formula is C9H11N3O4. The Hall–Kier alpha value is -2.18. The second kappa shape index (κ2) is 5.06. The van der Waals surface area contributed by atoms with Crippen LogP contribution in [0.3, 0.4) is 0 Å². The van der Waals surface area contributed by atoms with Crippen LogP contribution < -0.4 is 5.56 Å². The monoisotopic (exact) mass is 225 g/mol. The van der Waals surface area contributed by atoms with Gasteiger partial charge in [0.25, 0.3) is 11.5 Å². The van der Waals surface area contributed by atoms with Gasteiger partial charge >= 0.3 is 5.97 Å². The minimum atomic E-state index is -0.978. The zero-order valence-corrected chi connectivity index (χ0v) is 8.64. The lowest BCUT2D eigenvalue weighted by molar-refractivity contribution is -0.137. The van der Waals surface area contributed by atoms with Crippen LogP contribution in [0.4, 0.5) is 0 Å². The van der Waals surface area contributed by atoms with Gasteiger partial charge in [0.2, 0.25) is 0 Å². The van der Waals surface area contributed by atoms with Gasteiger partial charge in [-0.3, -0.25) is 14.4 Å². The molecule has 0 saturated heterocycles. The summed E-state index contributed by atoms with van der Waals surface area (Å²) in [4.78, 5) is 39.8. The molecule has 0 spiro atoms. The van der Waals surface area contributed by atoms with Gasteiger partial charge in [0, 0.05) is 19.8 Å². The Kier molecular flexibility index (Phi) is 3.76. The predicted molar refractivity (Wildman–Crippen MR) is 54.1 cm³/mol. The Balaban J connectivity index is 2.66. The van der Waals surface area contributed by atoms with Crippen LogP contribution in [0.1, 0.15) is 16.9 Å². The number of hydrogen-bond acceptors (Lipinski definition) is 4. The van der Waals surface area contributed by atoms with Crippen molar-refractivity contribution in [3.8, 4) is 0 Å². The van der Waals surface area contributed by atoms with Gasteiger partial charge < -0.3 is 15.0 Å². The van der Waals surface area contributed by atoms with E-state index in [1.54, 1.807) is 0 Å². The molecule has 7 heteroatoms. The zero-order valence-electron chi connectivity index (χ0n) is 8.64. The minimum absolute atomic E-state index is 0.0764. The number of amides is 1. The van der Waals surface area contributed by atoms with Crippen molar-refractivity contribution in [1.82, 2.24) is 14.9 Å². The number of carbonyl (C=O) groups excluding carboxylic acids is 1. The van der Waals surface area contributed by atoms with E-state index < -0.39 is 17.4 Å². The number of rotatable bonds is 4. The number of nitrogens with one attached hydrogen (secondary N) is 1. The van der Waals surface area contributed by atoms with Crippen molar-refractivity contribution in [1.29, 1.82) is 0 Å². The van der Waals surface area contributed by atoms with Crippen molar-refractivity contribution >= 4 is 11.9 Å². The summed E-state index contributed by atoms with van der Waals surface area (Å²) in [5.74, 6) is -1.41. The van der Waals surface area contributed by atoms with Gasteiger partial charge in [0.05, 0.1) is 12.6 Å². The molecule has 1 heterocycles. The van der Waals surface area contributed by atoms with Crippen LogP contribution in [-0.4, -0.2) is 45.4 Å². The number of aromatic nitrogens is 2. The Bertz CT molecular complexity index is 434. The maximum Gasteiger partial charge on any atom is 0.305 e. The number of carbonyl (C=O) groups is 2. The van der Waals surface area contributed by atoms with Crippen LogP contribution in [0.25, 0.3) is 0 Å². The quantitative estimate of drug-likeness (QED) is 0.706. The van der Waals surface area contributed by atoms with Crippen molar-refractivity contribution in [3.63, 3.8) is 0 Å². The summed E-state index contributed by atoms with van der Waals surface area (Å²) in [5.41, 5.74) is -0.322. The highest BCUT2D eigenvalue weighted by Gasteiger charge is 2.13. The Morgan fingerprint density at radius 2 is 2.25 bits per heavy atom. The van der Waals surface area contributed by atoms with E-state index in [1.165, 1.54) is 18.1 Å². The van der Waals surface area contributed by atoms with Gasteiger partial charge in [0.15, 0.2) is 0 Å². The number of hydrogen-bond donors (Lipinski definition) is 2. The van der Waals surface area contributed by atoms with Gasteiger partial charge in [-0.2, -0.15) is 0 Å².